The van der Waals surface area contributed by atoms with Gasteiger partial charge in [-0.2, -0.15) is 0 Å². The topological polar surface area (TPSA) is 58.6 Å². The Morgan fingerprint density at radius 1 is 1.52 bits per heavy atom. The molecule has 0 radical (unpaired) electrons. The third-order valence-corrected chi connectivity index (χ3v) is 3.78. The van der Waals surface area contributed by atoms with Crippen LogP contribution in [0.2, 0.25) is 0 Å². The Hall–Kier alpha value is -2.21. The SMILES string of the molecule is C=CC(=O)N1CCCOC(CNC(=O)c2c(C)cccc2F)C1. The summed E-state index contributed by atoms with van der Waals surface area (Å²) in [7, 11) is 0. The van der Waals surface area contributed by atoms with Gasteiger partial charge in [-0.25, -0.2) is 4.39 Å². The molecule has 5 nitrogen and oxygen atoms in total. The van der Waals surface area contributed by atoms with Crippen molar-refractivity contribution in [2.24, 2.45) is 0 Å². The molecule has 124 valence electrons. The van der Waals surface area contributed by atoms with Gasteiger partial charge >= 0.3 is 0 Å². The van der Waals surface area contributed by atoms with Crippen molar-refractivity contribution in [3.8, 4) is 0 Å². The summed E-state index contributed by atoms with van der Waals surface area (Å²) in [6, 6.07) is 4.51. The Morgan fingerprint density at radius 2 is 2.30 bits per heavy atom. The molecular formula is C17H21FN2O3. The number of benzene rings is 1. The quantitative estimate of drug-likeness (QED) is 0.859. The van der Waals surface area contributed by atoms with Crippen LogP contribution in [0.25, 0.3) is 0 Å². The molecule has 1 aromatic rings. The molecule has 0 aliphatic carbocycles. The lowest BCUT2D eigenvalue weighted by atomic mass is 10.1. The number of nitrogens with one attached hydrogen (secondary N) is 1. The predicted molar refractivity (Wildman–Crippen MR) is 84.6 cm³/mol. The van der Waals surface area contributed by atoms with Gasteiger partial charge in [0.1, 0.15) is 5.82 Å². The zero-order valence-electron chi connectivity index (χ0n) is 13.2. The molecule has 2 rings (SSSR count). The molecule has 6 heteroatoms. The van der Waals surface area contributed by atoms with Crippen LogP contribution in [-0.4, -0.2) is 49.1 Å². The van der Waals surface area contributed by atoms with Gasteiger partial charge in [-0.1, -0.05) is 18.7 Å². The lowest BCUT2D eigenvalue weighted by Crippen LogP contribution is -2.42. The van der Waals surface area contributed by atoms with Gasteiger partial charge < -0.3 is 15.0 Å². The van der Waals surface area contributed by atoms with Crippen LogP contribution in [0.15, 0.2) is 30.9 Å². The molecule has 1 aliphatic heterocycles. The fourth-order valence-electron chi connectivity index (χ4n) is 2.56. The lowest BCUT2D eigenvalue weighted by molar-refractivity contribution is -0.126. The summed E-state index contributed by atoms with van der Waals surface area (Å²) in [6.07, 6.45) is 1.68. The minimum Gasteiger partial charge on any atom is -0.374 e. The summed E-state index contributed by atoms with van der Waals surface area (Å²) in [4.78, 5) is 25.6. The number of amides is 2. The molecule has 1 fully saturated rings. The van der Waals surface area contributed by atoms with Crippen molar-refractivity contribution in [2.45, 2.75) is 19.4 Å². The van der Waals surface area contributed by atoms with E-state index in [2.05, 4.69) is 11.9 Å². The predicted octanol–water partition coefficient (Wildman–Crippen LogP) is 1.67. The Labute approximate surface area is 135 Å². The van der Waals surface area contributed by atoms with E-state index in [0.29, 0.717) is 25.3 Å². The second-order valence-corrected chi connectivity index (χ2v) is 5.48. The third kappa shape index (κ3) is 4.39. The number of halogens is 1. The van der Waals surface area contributed by atoms with Gasteiger partial charge in [0, 0.05) is 26.2 Å². The third-order valence-electron chi connectivity index (χ3n) is 3.78. The van der Waals surface area contributed by atoms with Crippen molar-refractivity contribution >= 4 is 11.8 Å². The van der Waals surface area contributed by atoms with Gasteiger partial charge in [-0.05, 0) is 31.1 Å². The number of nitrogens with zero attached hydrogens (tertiary/aromatic N) is 1. The average Bonchev–Trinajstić information content (AvgIpc) is 2.77. The molecule has 1 atom stereocenters. The first kappa shape index (κ1) is 17.1. The van der Waals surface area contributed by atoms with Crippen LogP contribution in [0.3, 0.4) is 0 Å². The maximum atomic E-state index is 13.8. The van der Waals surface area contributed by atoms with Crippen molar-refractivity contribution < 1.29 is 18.7 Å². The van der Waals surface area contributed by atoms with Gasteiger partial charge in [-0.15, -0.1) is 0 Å². The van der Waals surface area contributed by atoms with E-state index in [1.165, 1.54) is 12.1 Å². The van der Waals surface area contributed by atoms with E-state index in [1.54, 1.807) is 24.0 Å². The normalized spacial score (nSPS) is 18.2. The number of carbonyl (C=O) groups excluding carboxylic acids is 2. The fourth-order valence-corrected chi connectivity index (χ4v) is 2.56. The first-order valence-corrected chi connectivity index (χ1v) is 7.59. The molecule has 0 spiro atoms. The molecule has 23 heavy (non-hydrogen) atoms. The van der Waals surface area contributed by atoms with Crippen LogP contribution in [0.1, 0.15) is 22.3 Å². The van der Waals surface area contributed by atoms with Crippen molar-refractivity contribution in [2.75, 3.05) is 26.2 Å². The van der Waals surface area contributed by atoms with E-state index in [4.69, 9.17) is 4.74 Å². The minimum atomic E-state index is -0.548. The molecular weight excluding hydrogens is 299 g/mol. The van der Waals surface area contributed by atoms with Gasteiger partial charge in [-0.3, -0.25) is 9.59 Å². The average molecular weight is 320 g/mol. The smallest absolute Gasteiger partial charge is 0.254 e. The summed E-state index contributed by atoms with van der Waals surface area (Å²) in [5, 5.41) is 2.69. The van der Waals surface area contributed by atoms with Crippen LogP contribution in [0, 0.1) is 12.7 Å². The highest BCUT2D eigenvalue weighted by Crippen LogP contribution is 2.13. The fraction of sp³-hybridized carbons (Fsp3) is 0.412. The van der Waals surface area contributed by atoms with Crippen LogP contribution in [0.5, 0.6) is 0 Å². The molecule has 1 unspecified atom stereocenters. The van der Waals surface area contributed by atoms with Crippen LogP contribution in [0.4, 0.5) is 4.39 Å². The number of hydrogen-bond acceptors (Lipinski definition) is 3. The highest BCUT2D eigenvalue weighted by Gasteiger charge is 2.22. The van der Waals surface area contributed by atoms with E-state index >= 15 is 0 Å². The molecule has 0 saturated carbocycles. The van der Waals surface area contributed by atoms with Gasteiger partial charge in [0.25, 0.3) is 5.91 Å². The molecule has 0 bridgehead atoms. The summed E-state index contributed by atoms with van der Waals surface area (Å²) >= 11 is 0. The van der Waals surface area contributed by atoms with Gasteiger partial charge in [0.15, 0.2) is 0 Å². The molecule has 1 saturated heterocycles. The minimum absolute atomic E-state index is 0.0418. The summed E-state index contributed by atoms with van der Waals surface area (Å²) < 4.78 is 19.4. The van der Waals surface area contributed by atoms with Crippen molar-refractivity contribution in [1.82, 2.24) is 10.2 Å². The van der Waals surface area contributed by atoms with E-state index in [1.807, 2.05) is 0 Å². The summed E-state index contributed by atoms with van der Waals surface area (Å²) in [6.45, 7) is 6.87. The van der Waals surface area contributed by atoms with E-state index in [0.717, 1.165) is 6.42 Å². The van der Waals surface area contributed by atoms with Crippen molar-refractivity contribution in [3.05, 3.63) is 47.8 Å². The van der Waals surface area contributed by atoms with Crippen LogP contribution >= 0.6 is 0 Å². The lowest BCUT2D eigenvalue weighted by Gasteiger charge is -2.23. The van der Waals surface area contributed by atoms with Crippen molar-refractivity contribution in [1.29, 1.82) is 0 Å². The van der Waals surface area contributed by atoms with Crippen molar-refractivity contribution in [3.63, 3.8) is 0 Å². The number of hydrogen-bond donors (Lipinski definition) is 1. The second kappa shape index (κ2) is 7.87. The number of aryl methyl sites for hydroxylation is 1. The molecule has 0 aromatic heterocycles. The second-order valence-electron chi connectivity index (χ2n) is 5.48. The number of ether oxygens (including phenoxy) is 1. The Kier molecular flexibility index (Phi) is 5.87. The maximum Gasteiger partial charge on any atom is 0.254 e. The molecule has 1 heterocycles. The Bertz CT molecular complexity index is 583. The Morgan fingerprint density at radius 3 is 3.00 bits per heavy atom. The standard InChI is InChI=1S/C17H21FN2O3/c1-3-15(21)20-8-5-9-23-13(11-20)10-19-17(22)16-12(2)6-4-7-14(16)18/h3-4,6-7,13H,1,5,8-11H2,2H3,(H,19,22). The molecule has 2 amide bonds. The van der Waals surface area contributed by atoms with E-state index < -0.39 is 11.7 Å². The summed E-state index contributed by atoms with van der Waals surface area (Å²) in [5.41, 5.74) is 0.618. The van der Waals surface area contributed by atoms with Gasteiger partial charge in [0.05, 0.1) is 11.7 Å². The van der Waals surface area contributed by atoms with E-state index in [9.17, 15) is 14.0 Å². The molecule has 1 N–H and O–H groups in total. The van der Waals surface area contributed by atoms with Crippen LogP contribution in [-0.2, 0) is 9.53 Å². The first-order valence-electron chi connectivity index (χ1n) is 7.59. The number of carbonyl (C=O) groups is 2. The van der Waals surface area contributed by atoms with E-state index in [-0.39, 0.29) is 24.1 Å². The molecule has 1 aromatic carbocycles. The van der Waals surface area contributed by atoms with Gasteiger partial charge in [0.2, 0.25) is 5.91 Å². The zero-order chi connectivity index (χ0) is 16.8. The first-order chi connectivity index (χ1) is 11.0. The highest BCUT2D eigenvalue weighted by atomic mass is 19.1. The maximum absolute atomic E-state index is 13.8. The Balaban J connectivity index is 1.97. The largest absolute Gasteiger partial charge is 0.374 e. The molecule has 1 aliphatic rings. The zero-order valence-corrected chi connectivity index (χ0v) is 13.2. The number of rotatable bonds is 4. The summed E-state index contributed by atoms with van der Waals surface area (Å²) in [5.74, 6) is -1.18. The van der Waals surface area contributed by atoms with Crippen LogP contribution < -0.4 is 5.32 Å². The highest BCUT2D eigenvalue weighted by molar-refractivity contribution is 5.95. The monoisotopic (exact) mass is 320 g/mol.